The van der Waals surface area contributed by atoms with Gasteiger partial charge in [0.15, 0.2) is 0 Å². The molecule has 0 saturated carbocycles. The molecule has 2 aromatic carbocycles. The van der Waals surface area contributed by atoms with Crippen LogP contribution in [0, 0.1) is 5.92 Å². The van der Waals surface area contributed by atoms with Crippen LogP contribution in [0.15, 0.2) is 48.5 Å². The minimum Gasteiger partial charge on any atom is -0.488 e. The summed E-state index contributed by atoms with van der Waals surface area (Å²) in [5.74, 6) is 1.65. The number of fused-ring (bicyclic) bond motifs is 1. The summed E-state index contributed by atoms with van der Waals surface area (Å²) >= 11 is 6.64. The van der Waals surface area contributed by atoms with E-state index in [0.717, 1.165) is 24.2 Å². The first-order valence-corrected chi connectivity index (χ1v) is 8.04. The summed E-state index contributed by atoms with van der Waals surface area (Å²) in [5.41, 5.74) is 3.76. The predicted octanol–water partition coefficient (Wildman–Crippen LogP) is 5.17. The Bertz CT molecular complexity index is 578. The number of para-hydroxylation sites is 1. The normalized spacial score (nSPS) is 18.4. The van der Waals surface area contributed by atoms with E-state index in [9.17, 15) is 0 Å². The number of halogens is 1. The van der Waals surface area contributed by atoms with Gasteiger partial charge in [-0.1, -0.05) is 56.3 Å². The molecule has 1 aliphatic heterocycles. The fourth-order valence-corrected chi connectivity index (χ4v) is 3.18. The zero-order valence-electron chi connectivity index (χ0n) is 12.6. The lowest BCUT2D eigenvalue weighted by Gasteiger charge is -2.18. The van der Waals surface area contributed by atoms with Gasteiger partial charge in [0.25, 0.3) is 0 Å². The van der Waals surface area contributed by atoms with E-state index in [4.69, 9.17) is 16.3 Å². The van der Waals surface area contributed by atoms with Crippen molar-refractivity contribution in [1.82, 2.24) is 0 Å². The monoisotopic (exact) mass is 300 g/mol. The molecule has 2 aromatic rings. The third-order valence-corrected chi connectivity index (χ3v) is 4.47. The quantitative estimate of drug-likeness (QED) is 0.708. The van der Waals surface area contributed by atoms with E-state index >= 15 is 0 Å². The number of rotatable bonds is 4. The maximum Gasteiger partial charge on any atom is 0.123 e. The molecule has 2 heteroatoms. The van der Waals surface area contributed by atoms with Crippen LogP contribution in [-0.2, 0) is 12.8 Å². The molecule has 0 N–H and O–H groups in total. The highest BCUT2D eigenvalue weighted by Crippen LogP contribution is 2.37. The Morgan fingerprint density at radius 3 is 2.48 bits per heavy atom. The van der Waals surface area contributed by atoms with Crippen molar-refractivity contribution in [3.05, 3.63) is 65.2 Å². The van der Waals surface area contributed by atoms with E-state index in [1.54, 1.807) is 0 Å². The Morgan fingerprint density at radius 1 is 1.10 bits per heavy atom. The molecule has 2 atom stereocenters. The van der Waals surface area contributed by atoms with Crippen molar-refractivity contribution in [2.75, 3.05) is 0 Å². The van der Waals surface area contributed by atoms with Gasteiger partial charge >= 0.3 is 0 Å². The molecule has 3 rings (SSSR count). The van der Waals surface area contributed by atoms with Gasteiger partial charge < -0.3 is 4.74 Å². The molecular weight excluding hydrogens is 280 g/mol. The molecule has 0 bridgehead atoms. The average Bonchev–Trinajstić information content (AvgIpc) is 2.90. The van der Waals surface area contributed by atoms with Gasteiger partial charge in [0.2, 0.25) is 0 Å². The fourth-order valence-electron chi connectivity index (χ4n) is 2.90. The molecule has 0 saturated heterocycles. The van der Waals surface area contributed by atoms with Crippen LogP contribution in [0.3, 0.4) is 0 Å². The molecular formula is C19H21ClO. The van der Waals surface area contributed by atoms with Crippen molar-refractivity contribution >= 4 is 11.6 Å². The molecule has 0 aliphatic carbocycles. The van der Waals surface area contributed by atoms with Crippen LogP contribution in [0.4, 0.5) is 0 Å². The lowest BCUT2D eigenvalue weighted by molar-refractivity contribution is 0.227. The first-order valence-electron chi connectivity index (χ1n) is 7.61. The van der Waals surface area contributed by atoms with Crippen LogP contribution in [0.2, 0.25) is 0 Å². The number of ether oxygens (including phenoxy) is 1. The third kappa shape index (κ3) is 3.24. The fraction of sp³-hybridized carbons (Fsp3) is 0.368. The Kier molecular flexibility index (Phi) is 4.21. The Labute approximate surface area is 131 Å². The summed E-state index contributed by atoms with van der Waals surface area (Å²) < 4.78 is 5.99. The maximum absolute atomic E-state index is 6.64. The largest absolute Gasteiger partial charge is 0.488 e. The van der Waals surface area contributed by atoms with Crippen molar-refractivity contribution in [2.45, 2.75) is 38.2 Å². The van der Waals surface area contributed by atoms with Gasteiger partial charge in [-0.25, -0.2) is 0 Å². The van der Waals surface area contributed by atoms with Crippen molar-refractivity contribution in [2.24, 2.45) is 5.92 Å². The SMILES string of the molecule is CC(C)Cc1ccc(C(Cl)C2Cc3ccccc3O2)cc1. The van der Waals surface area contributed by atoms with Gasteiger partial charge in [0, 0.05) is 6.42 Å². The predicted molar refractivity (Wildman–Crippen MR) is 88.1 cm³/mol. The summed E-state index contributed by atoms with van der Waals surface area (Å²) in [5, 5.41) is -0.106. The van der Waals surface area contributed by atoms with Gasteiger partial charge in [-0.15, -0.1) is 11.6 Å². The molecule has 0 fully saturated rings. The van der Waals surface area contributed by atoms with Crippen molar-refractivity contribution in [1.29, 1.82) is 0 Å². The van der Waals surface area contributed by atoms with Crippen molar-refractivity contribution in [3.8, 4) is 5.75 Å². The smallest absolute Gasteiger partial charge is 0.123 e. The first-order chi connectivity index (χ1) is 10.1. The molecule has 0 radical (unpaired) electrons. The van der Waals surface area contributed by atoms with Gasteiger partial charge in [-0.3, -0.25) is 0 Å². The van der Waals surface area contributed by atoms with Gasteiger partial charge in [-0.05, 0) is 35.1 Å². The Hall–Kier alpha value is -1.47. The average molecular weight is 301 g/mol. The van der Waals surface area contributed by atoms with E-state index in [-0.39, 0.29) is 11.5 Å². The van der Waals surface area contributed by atoms with Gasteiger partial charge in [0.05, 0.1) is 5.38 Å². The molecule has 21 heavy (non-hydrogen) atoms. The lowest BCUT2D eigenvalue weighted by Crippen LogP contribution is -2.19. The highest BCUT2D eigenvalue weighted by Gasteiger charge is 2.29. The summed E-state index contributed by atoms with van der Waals surface area (Å²) in [7, 11) is 0. The number of hydrogen-bond donors (Lipinski definition) is 0. The summed E-state index contributed by atoms with van der Waals surface area (Å²) in [4.78, 5) is 0. The van der Waals surface area contributed by atoms with Gasteiger partial charge in [0.1, 0.15) is 11.9 Å². The highest BCUT2D eigenvalue weighted by molar-refractivity contribution is 6.21. The van der Waals surface area contributed by atoms with Crippen LogP contribution in [0.5, 0.6) is 5.75 Å². The van der Waals surface area contributed by atoms with Crippen LogP contribution >= 0.6 is 11.6 Å². The molecule has 0 spiro atoms. The molecule has 2 unspecified atom stereocenters. The minimum absolute atomic E-state index is 0.0278. The minimum atomic E-state index is -0.106. The van der Waals surface area contributed by atoms with Crippen LogP contribution in [-0.4, -0.2) is 6.10 Å². The van der Waals surface area contributed by atoms with Crippen molar-refractivity contribution in [3.63, 3.8) is 0 Å². The number of hydrogen-bond acceptors (Lipinski definition) is 1. The van der Waals surface area contributed by atoms with Gasteiger partial charge in [-0.2, -0.15) is 0 Å². The van der Waals surface area contributed by atoms with E-state index in [0.29, 0.717) is 5.92 Å². The second-order valence-electron chi connectivity index (χ2n) is 6.21. The molecule has 1 aliphatic rings. The Balaban J connectivity index is 1.70. The zero-order valence-corrected chi connectivity index (χ0v) is 13.3. The molecule has 110 valence electrons. The highest BCUT2D eigenvalue weighted by atomic mass is 35.5. The topological polar surface area (TPSA) is 9.23 Å². The van der Waals surface area contributed by atoms with Crippen molar-refractivity contribution < 1.29 is 4.74 Å². The summed E-state index contributed by atoms with van der Waals surface area (Å²) in [6.45, 7) is 4.48. The lowest BCUT2D eigenvalue weighted by atomic mass is 9.98. The zero-order chi connectivity index (χ0) is 14.8. The van der Waals surface area contributed by atoms with Crippen LogP contribution < -0.4 is 4.74 Å². The third-order valence-electron chi connectivity index (χ3n) is 3.94. The Morgan fingerprint density at radius 2 is 1.81 bits per heavy atom. The molecule has 0 aromatic heterocycles. The number of alkyl halides is 1. The first kappa shape index (κ1) is 14.5. The van der Waals surface area contributed by atoms with E-state index in [2.05, 4.69) is 50.2 Å². The van der Waals surface area contributed by atoms with Crippen LogP contribution in [0.25, 0.3) is 0 Å². The standard InChI is InChI=1S/C19H21ClO/c1-13(2)11-14-7-9-15(10-8-14)19(20)18-12-16-5-3-4-6-17(16)21-18/h3-10,13,18-19H,11-12H2,1-2H3. The molecule has 0 amide bonds. The summed E-state index contributed by atoms with van der Waals surface area (Å²) in [6, 6.07) is 16.8. The van der Waals surface area contributed by atoms with E-state index < -0.39 is 0 Å². The van der Waals surface area contributed by atoms with E-state index in [1.165, 1.54) is 11.1 Å². The van der Waals surface area contributed by atoms with Crippen LogP contribution in [0.1, 0.15) is 35.9 Å². The maximum atomic E-state index is 6.64. The second-order valence-corrected chi connectivity index (χ2v) is 6.68. The molecule has 1 heterocycles. The molecule has 1 nitrogen and oxygen atoms in total. The van der Waals surface area contributed by atoms with E-state index in [1.807, 2.05) is 12.1 Å². The second kappa shape index (κ2) is 6.11. The summed E-state index contributed by atoms with van der Waals surface area (Å²) in [6.07, 6.45) is 2.02. The number of benzene rings is 2.